The fraction of sp³-hybridized carbons (Fsp3) is 0.381. The van der Waals surface area contributed by atoms with Gasteiger partial charge in [-0.05, 0) is 74.3 Å². The Bertz CT molecular complexity index is 777. The molecule has 3 rings (SSSR count). The molecule has 0 spiro atoms. The summed E-state index contributed by atoms with van der Waals surface area (Å²) < 4.78 is 0. The lowest BCUT2D eigenvalue weighted by atomic mass is 10.1. The highest BCUT2D eigenvalue weighted by atomic mass is 32.1. The lowest BCUT2D eigenvalue weighted by Gasteiger charge is -2.38. The van der Waals surface area contributed by atoms with Crippen LogP contribution >= 0.6 is 12.2 Å². The van der Waals surface area contributed by atoms with Gasteiger partial charge in [-0.3, -0.25) is 0 Å². The molecule has 2 aromatic rings. The van der Waals surface area contributed by atoms with Crippen molar-refractivity contribution in [3.8, 4) is 0 Å². The molecule has 1 aliphatic rings. The second kappa shape index (κ2) is 7.44. The number of thiocarbonyl (C=S) groups is 1. The van der Waals surface area contributed by atoms with Gasteiger partial charge in [0.05, 0.1) is 0 Å². The van der Waals surface area contributed by atoms with E-state index in [4.69, 9.17) is 12.2 Å². The Morgan fingerprint density at radius 2 is 1.64 bits per heavy atom. The van der Waals surface area contributed by atoms with E-state index in [1.165, 1.54) is 27.9 Å². The molecule has 1 aliphatic heterocycles. The maximum atomic E-state index is 5.66. The first-order valence-corrected chi connectivity index (χ1v) is 9.31. The average molecular weight is 354 g/mol. The molecule has 0 radical (unpaired) electrons. The molecule has 1 fully saturated rings. The highest BCUT2D eigenvalue weighted by Crippen LogP contribution is 2.24. The van der Waals surface area contributed by atoms with Crippen LogP contribution in [0.25, 0.3) is 0 Å². The van der Waals surface area contributed by atoms with Gasteiger partial charge in [0.15, 0.2) is 5.11 Å². The second-order valence-electron chi connectivity index (χ2n) is 6.94. The topological polar surface area (TPSA) is 18.5 Å². The standard InChI is InChI=1S/C21H27N3S/c1-15-8-9-17(3)19(14-15)22-21(25)24-12-10-23(11-13-24)20-7-5-6-16(2)18(20)4/h5-9,14H,10-13H2,1-4H3,(H,22,25). The van der Waals surface area contributed by atoms with E-state index in [9.17, 15) is 0 Å². The fourth-order valence-corrected chi connectivity index (χ4v) is 3.59. The molecule has 0 amide bonds. The van der Waals surface area contributed by atoms with E-state index in [1.54, 1.807) is 0 Å². The third-order valence-electron chi connectivity index (χ3n) is 5.12. The minimum atomic E-state index is 0.828. The van der Waals surface area contributed by atoms with E-state index < -0.39 is 0 Å². The van der Waals surface area contributed by atoms with Crippen molar-refractivity contribution in [3.63, 3.8) is 0 Å². The zero-order valence-electron chi connectivity index (χ0n) is 15.6. The predicted molar refractivity (Wildman–Crippen MR) is 112 cm³/mol. The Kier molecular flexibility index (Phi) is 5.28. The smallest absolute Gasteiger partial charge is 0.173 e. The third kappa shape index (κ3) is 3.96. The number of benzene rings is 2. The van der Waals surface area contributed by atoms with Crippen LogP contribution in [-0.4, -0.2) is 36.2 Å². The largest absolute Gasteiger partial charge is 0.368 e. The molecule has 4 heteroatoms. The van der Waals surface area contributed by atoms with Crippen molar-refractivity contribution in [2.45, 2.75) is 27.7 Å². The third-order valence-corrected chi connectivity index (χ3v) is 5.48. The Morgan fingerprint density at radius 1 is 0.920 bits per heavy atom. The Hall–Kier alpha value is -2.07. The first-order chi connectivity index (χ1) is 12.0. The van der Waals surface area contributed by atoms with Crippen LogP contribution in [0.1, 0.15) is 22.3 Å². The van der Waals surface area contributed by atoms with Crippen LogP contribution in [0.4, 0.5) is 11.4 Å². The molecule has 1 heterocycles. The summed E-state index contributed by atoms with van der Waals surface area (Å²) in [5, 5.41) is 4.26. The second-order valence-corrected chi connectivity index (χ2v) is 7.33. The van der Waals surface area contributed by atoms with Gasteiger partial charge >= 0.3 is 0 Å². The first kappa shape index (κ1) is 17.7. The van der Waals surface area contributed by atoms with E-state index in [-0.39, 0.29) is 0 Å². The summed E-state index contributed by atoms with van der Waals surface area (Å²) >= 11 is 5.66. The summed E-state index contributed by atoms with van der Waals surface area (Å²) in [6.07, 6.45) is 0. The monoisotopic (exact) mass is 353 g/mol. The van der Waals surface area contributed by atoms with Gasteiger partial charge in [0.25, 0.3) is 0 Å². The van der Waals surface area contributed by atoms with Gasteiger partial charge in [-0.15, -0.1) is 0 Å². The van der Waals surface area contributed by atoms with Crippen LogP contribution < -0.4 is 10.2 Å². The summed E-state index contributed by atoms with van der Waals surface area (Å²) in [7, 11) is 0. The number of rotatable bonds is 2. The molecule has 25 heavy (non-hydrogen) atoms. The zero-order chi connectivity index (χ0) is 18.0. The molecule has 0 bridgehead atoms. The zero-order valence-corrected chi connectivity index (χ0v) is 16.4. The Balaban J connectivity index is 1.63. The molecule has 3 nitrogen and oxygen atoms in total. The summed E-state index contributed by atoms with van der Waals surface area (Å²) in [4.78, 5) is 4.75. The number of nitrogens with zero attached hydrogens (tertiary/aromatic N) is 2. The van der Waals surface area contributed by atoms with Crippen LogP contribution in [0, 0.1) is 27.7 Å². The number of piperazine rings is 1. The maximum absolute atomic E-state index is 5.66. The number of anilines is 2. The molecule has 132 valence electrons. The maximum Gasteiger partial charge on any atom is 0.173 e. The summed E-state index contributed by atoms with van der Waals surface area (Å²) in [5.41, 5.74) is 7.67. The number of hydrogen-bond acceptors (Lipinski definition) is 2. The minimum Gasteiger partial charge on any atom is -0.368 e. The van der Waals surface area contributed by atoms with Crippen LogP contribution in [0.5, 0.6) is 0 Å². The molecule has 0 unspecified atom stereocenters. The highest BCUT2D eigenvalue weighted by Gasteiger charge is 2.20. The van der Waals surface area contributed by atoms with Crippen molar-refractivity contribution < 1.29 is 0 Å². The van der Waals surface area contributed by atoms with E-state index >= 15 is 0 Å². The van der Waals surface area contributed by atoms with E-state index in [1.807, 2.05) is 0 Å². The number of nitrogens with one attached hydrogen (secondary N) is 1. The van der Waals surface area contributed by atoms with E-state index in [0.717, 1.165) is 37.0 Å². The summed E-state index contributed by atoms with van der Waals surface area (Å²) in [6.45, 7) is 12.5. The lowest BCUT2D eigenvalue weighted by molar-refractivity contribution is 0.390. The molecule has 1 N–H and O–H groups in total. The molecule has 2 aromatic carbocycles. The molecule has 0 aliphatic carbocycles. The van der Waals surface area contributed by atoms with E-state index in [2.05, 4.69) is 79.2 Å². The minimum absolute atomic E-state index is 0.828. The van der Waals surface area contributed by atoms with Gasteiger partial charge in [-0.2, -0.15) is 0 Å². The number of aryl methyl sites for hydroxylation is 3. The SMILES string of the molecule is Cc1ccc(C)c(NC(=S)N2CCN(c3cccc(C)c3C)CC2)c1. The van der Waals surface area contributed by atoms with E-state index in [0.29, 0.717) is 0 Å². The van der Waals surface area contributed by atoms with Crippen LogP contribution in [0.3, 0.4) is 0 Å². The molecular formula is C21H27N3S. The van der Waals surface area contributed by atoms with Crippen molar-refractivity contribution in [1.29, 1.82) is 0 Å². The summed E-state index contributed by atoms with van der Waals surface area (Å²) in [5.74, 6) is 0. The van der Waals surface area contributed by atoms with Gasteiger partial charge < -0.3 is 15.1 Å². The number of hydrogen-bond donors (Lipinski definition) is 1. The first-order valence-electron chi connectivity index (χ1n) is 8.90. The van der Waals surface area contributed by atoms with Crippen molar-refractivity contribution in [1.82, 2.24) is 4.90 Å². The molecule has 0 atom stereocenters. The van der Waals surface area contributed by atoms with Gasteiger partial charge in [-0.25, -0.2) is 0 Å². The lowest BCUT2D eigenvalue weighted by Crippen LogP contribution is -2.50. The van der Waals surface area contributed by atoms with Crippen molar-refractivity contribution in [2.75, 3.05) is 36.4 Å². The Morgan fingerprint density at radius 3 is 2.36 bits per heavy atom. The highest BCUT2D eigenvalue weighted by molar-refractivity contribution is 7.80. The fourth-order valence-electron chi connectivity index (χ4n) is 3.29. The molecular weight excluding hydrogens is 326 g/mol. The van der Waals surface area contributed by atoms with Crippen molar-refractivity contribution in [3.05, 3.63) is 58.7 Å². The molecule has 0 saturated carbocycles. The van der Waals surface area contributed by atoms with Gasteiger partial charge in [0.1, 0.15) is 0 Å². The molecule has 0 aromatic heterocycles. The van der Waals surface area contributed by atoms with Crippen LogP contribution in [0.2, 0.25) is 0 Å². The average Bonchev–Trinajstić information content (AvgIpc) is 2.61. The van der Waals surface area contributed by atoms with Crippen molar-refractivity contribution in [2.24, 2.45) is 0 Å². The van der Waals surface area contributed by atoms with Gasteiger partial charge in [0, 0.05) is 37.6 Å². The van der Waals surface area contributed by atoms with Crippen LogP contribution in [0.15, 0.2) is 36.4 Å². The predicted octanol–water partition coefficient (Wildman–Crippen LogP) is 4.44. The molecule has 1 saturated heterocycles. The van der Waals surface area contributed by atoms with Crippen molar-refractivity contribution >= 4 is 28.7 Å². The normalized spacial score (nSPS) is 14.6. The van der Waals surface area contributed by atoms with Gasteiger partial charge in [0.2, 0.25) is 0 Å². The quantitative estimate of drug-likeness (QED) is 0.804. The van der Waals surface area contributed by atoms with Crippen LogP contribution in [-0.2, 0) is 0 Å². The summed E-state index contributed by atoms with van der Waals surface area (Å²) in [6, 6.07) is 13.0. The van der Waals surface area contributed by atoms with Gasteiger partial charge in [-0.1, -0.05) is 24.3 Å². The Labute approximate surface area is 156 Å².